The van der Waals surface area contributed by atoms with E-state index in [-0.39, 0.29) is 5.91 Å². The number of amides is 1. The van der Waals surface area contributed by atoms with E-state index in [0.717, 1.165) is 11.4 Å². The number of nitrogens with zero attached hydrogens (tertiary/aromatic N) is 3. The smallest absolute Gasteiger partial charge is 0.251 e. The molecule has 2 aliphatic rings. The van der Waals surface area contributed by atoms with Crippen molar-refractivity contribution in [2.24, 2.45) is 5.92 Å². The average molecular weight is 447 g/mol. The first-order valence-electron chi connectivity index (χ1n) is 10.8. The van der Waals surface area contributed by atoms with Gasteiger partial charge in [-0.1, -0.05) is 31.5 Å². The summed E-state index contributed by atoms with van der Waals surface area (Å²) in [5, 5.41) is 2.95. The fourth-order valence-corrected chi connectivity index (χ4v) is 5.68. The Kier molecular flexibility index (Phi) is 5.93. The van der Waals surface area contributed by atoms with Gasteiger partial charge in [-0.05, 0) is 37.8 Å². The number of hydrogen-bond acceptors (Lipinski definition) is 5. The first-order chi connectivity index (χ1) is 14.7. The number of aromatic nitrogens is 2. The Labute approximate surface area is 183 Å². The van der Waals surface area contributed by atoms with Gasteiger partial charge in [-0.2, -0.15) is 4.31 Å². The predicted octanol–water partition coefficient (Wildman–Crippen LogP) is 2.04. The molecule has 1 spiro atoms. The van der Waals surface area contributed by atoms with Crippen LogP contribution in [-0.4, -0.2) is 53.9 Å². The molecule has 1 aromatic heterocycles. The molecule has 0 saturated carbocycles. The van der Waals surface area contributed by atoms with E-state index in [2.05, 4.69) is 10.3 Å². The molecule has 0 unspecified atom stereocenters. The molecule has 9 heteroatoms. The highest BCUT2D eigenvalue weighted by atomic mass is 32.2. The maximum absolute atomic E-state index is 13.1. The molecule has 31 heavy (non-hydrogen) atoms. The SMILES string of the molecule is Cc1ccc(S(=O)(=O)N2CCC3(CC2)O[C@@H](C(=O)NCC(C)C)Cn2ccnc23)cc1. The number of rotatable bonds is 5. The van der Waals surface area contributed by atoms with Crippen LogP contribution in [0.4, 0.5) is 0 Å². The van der Waals surface area contributed by atoms with Crippen LogP contribution in [0.3, 0.4) is 0 Å². The van der Waals surface area contributed by atoms with Gasteiger partial charge in [0.25, 0.3) is 5.91 Å². The molecule has 1 saturated heterocycles. The summed E-state index contributed by atoms with van der Waals surface area (Å²) in [6, 6.07) is 6.90. The van der Waals surface area contributed by atoms with Gasteiger partial charge in [0.15, 0.2) is 6.10 Å². The van der Waals surface area contributed by atoms with Crippen molar-refractivity contribution in [1.29, 1.82) is 0 Å². The molecule has 1 fully saturated rings. The van der Waals surface area contributed by atoms with Crippen molar-refractivity contribution in [1.82, 2.24) is 19.2 Å². The first kappa shape index (κ1) is 22.0. The van der Waals surface area contributed by atoms with Crippen LogP contribution in [0.25, 0.3) is 0 Å². The quantitative estimate of drug-likeness (QED) is 0.759. The molecule has 1 aromatic carbocycles. The third kappa shape index (κ3) is 4.26. The van der Waals surface area contributed by atoms with Crippen molar-refractivity contribution in [2.75, 3.05) is 19.6 Å². The molecule has 1 amide bonds. The van der Waals surface area contributed by atoms with Crippen LogP contribution in [0.15, 0.2) is 41.6 Å². The van der Waals surface area contributed by atoms with Crippen molar-refractivity contribution in [3.05, 3.63) is 48.0 Å². The molecule has 0 bridgehead atoms. The maximum Gasteiger partial charge on any atom is 0.251 e. The van der Waals surface area contributed by atoms with Gasteiger partial charge in [0.1, 0.15) is 11.4 Å². The highest BCUT2D eigenvalue weighted by Gasteiger charge is 2.48. The number of aryl methyl sites for hydroxylation is 1. The van der Waals surface area contributed by atoms with E-state index >= 15 is 0 Å². The van der Waals surface area contributed by atoms with E-state index in [9.17, 15) is 13.2 Å². The van der Waals surface area contributed by atoms with E-state index in [1.807, 2.05) is 31.5 Å². The second-order valence-corrected chi connectivity index (χ2v) is 10.8. The second kappa shape index (κ2) is 8.37. The van der Waals surface area contributed by atoms with Crippen molar-refractivity contribution in [3.63, 3.8) is 0 Å². The maximum atomic E-state index is 13.1. The Morgan fingerprint density at radius 2 is 1.94 bits per heavy atom. The summed E-state index contributed by atoms with van der Waals surface area (Å²) in [4.78, 5) is 17.5. The normalized spacial score (nSPS) is 21.2. The van der Waals surface area contributed by atoms with Gasteiger partial charge in [0.2, 0.25) is 10.0 Å². The Hall–Kier alpha value is -2.23. The number of sulfonamides is 1. The first-order valence-corrected chi connectivity index (χ1v) is 12.2. The van der Waals surface area contributed by atoms with Crippen LogP contribution in [0, 0.1) is 12.8 Å². The van der Waals surface area contributed by atoms with Gasteiger partial charge in [0.05, 0.1) is 11.4 Å². The lowest BCUT2D eigenvalue weighted by Gasteiger charge is -2.45. The van der Waals surface area contributed by atoms with Gasteiger partial charge in [-0.15, -0.1) is 0 Å². The van der Waals surface area contributed by atoms with Crippen LogP contribution < -0.4 is 5.32 Å². The van der Waals surface area contributed by atoms with Crippen LogP contribution in [-0.2, 0) is 31.7 Å². The Bertz CT molecular complexity index is 1040. The molecule has 3 heterocycles. The molecule has 0 radical (unpaired) electrons. The zero-order chi connectivity index (χ0) is 22.2. The zero-order valence-corrected chi connectivity index (χ0v) is 19.1. The van der Waals surface area contributed by atoms with E-state index in [1.165, 1.54) is 4.31 Å². The third-order valence-electron chi connectivity index (χ3n) is 6.02. The molecule has 2 aromatic rings. The molecule has 8 nitrogen and oxygen atoms in total. The van der Waals surface area contributed by atoms with Crippen LogP contribution in [0.1, 0.15) is 38.1 Å². The van der Waals surface area contributed by atoms with Crippen molar-refractivity contribution in [2.45, 2.75) is 56.8 Å². The Balaban J connectivity index is 1.52. The summed E-state index contributed by atoms with van der Waals surface area (Å²) < 4.78 is 36.0. The van der Waals surface area contributed by atoms with E-state index in [4.69, 9.17) is 4.74 Å². The molecule has 4 rings (SSSR count). The fraction of sp³-hybridized carbons (Fsp3) is 0.545. The van der Waals surface area contributed by atoms with Gasteiger partial charge < -0.3 is 14.6 Å². The Morgan fingerprint density at radius 3 is 2.58 bits per heavy atom. The monoisotopic (exact) mass is 446 g/mol. The number of piperidine rings is 1. The van der Waals surface area contributed by atoms with Crippen LogP contribution >= 0.6 is 0 Å². The largest absolute Gasteiger partial charge is 0.354 e. The molecular weight excluding hydrogens is 416 g/mol. The minimum absolute atomic E-state index is 0.137. The lowest BCUT2D eigenvalue weighted by Crippen LogP contribution is -2.54. The van der Waals surface area contributed by atoms with Crippen molar-refractivity contribution >= 4 is 15.9 Å². The van der Waals surface area contributed by atoms with Crippen molar-refractivity contribution in [3.8, 4) is 0 Å². The summed E-state index contributed by atoms with van der Waals surface area (Å²) in [5.41, 5.74) is 0.252. The number of imidazole rings is 1. The second-order valence-electron chi connectivity index (χ2n) is 8.86. The number of benzene rings is 1. The minimum Gasteiger partial charge on any atom is -0.354 e. The summed E-state index contributed by atoms with van der Waals surface area (Å²) in [7, 11) is -3.57. The number of ether oxygens (including phenoxy) is 1. The molecular formula is C22H30N4O4S. The summed E-state index contributed by atoms with van der Waals surface area (Å²) in [6.07, 6.45) is 3.84. The van der Waals surface area contributed by atoms with E-state index in [1.54, 1.807) is 30.5 Å². The number of hydrogen-bond donors (Lipinski definition) is 1. The molecule has 2 aliphatic heterocycles. The fourth-order valence-electron chi connectivity index (χ4n) is 4.24. The lowest BCUT2D eigenvalue weighted by molar-refractivity contribution is -0.170. The Morgan fingerprint density at radius 1 is 1.26 bits per heavy atom. The molecule has 0 aliphatic carbocycles. The zero-order valence-electron chi connectivity index (χ0n) is 18.2. The van der Waals surface area contributed by atoms with Crippen LogP contribution in [0.5, 0.6) is 0 Å². The number of fused-ring (bicyclic) bond motifs is 2. The minimum atomic E-state index is -3.57. The van der Waals surface area contributed by atoms with Crippen LogP contribution in [0.2, 0.25) is 0 Å². The van der Waals surface area contributed by atoms with Gasteiger partial charge in [-0.3, -0.25) is 4.79 Å². The lowest BCUT2D eigenvalue weighted by atomic mass is 9.89. The standard InChI is InChI=1S/C22H30N4O4S/c1-16(2)14-24-20(27)19-15-25-13-10-23-21(25)22(30-19)8-11-26(12-9-22)31(28,29)18-6-4-17(3)5-7-18/h4-7,10,13,16,19H,8-9,11-12,14-15H2,1-3H3,(H,24,27)/t19-/m1/s1. The highest BCUT2D eigenvalue weighted by Crippen LogP contribution is 2.41. The number of nitrogens with one attached hydrogen (secondary N) is 1. The predicted molar refractivity (Wildman–Crippen MR) is 116 cm³/mol. The molecule has 1 atom stereocenters. The average Bonchev–Trinajstić information content (AvgIpc) is 3.22. The molecule has 1 N–H and O–H groups in total. The summed E-state index contributed by atoms with van der Waals surface area (Å²) >= 11 is 0. The summed E-state index contributed by atoms with van der Waals surface area (Å²) in [6.45, 7) is 7.63. The number of carbonyl (C=O) groups excluding carboxylic acids is 1. The van der Waals surface area contributed by atoms with Gasteiger partial charge in [0, 0.05) is 32.0 Å². The van der Waals surface area contributed by atoms with Gasteiger partial charge >= 0.3 is 0 Å². The molecule has 168 valence electrons. The third-order valence-corrected chi connectivity index (χ3v) is 7.93. The van der Waals surface area contributed by atoms with E-state index < -0.39 is 21.7 Å². The topological polar surface area (TPSA) is 93.5 Å². The number of carbonyl (C=O) groups is 1. The van der Waals surface area contributed by atoms with E-state index in [0.29, 0.717) is 49.8 Å². The summed E-state index contributed by atoms with van der Waals surface area (Å²) in [5.74, 6) is 0.982. The van der Waals surface area contributed by atoms with Crippen molar-refractivity contribution < 1.29 is 17.9 Å². The highest BCUT2D eigenvalue weighted by molar-refractivity contribution is 7.89. The van der Waals surface area contributed by atoms with Gasteiger partial charge in [-0.25, -0.2) is 13.4 Å².